The normalized spacial score (nSPS) is 12.4. The summed E-state index contributed by atoms with van der Waals surface area (Å²) in [7, 11) is -4.03. The molecule has 7 nitrogen and oxygen atoms in total. The number of sulfonamides is 1. The monoisotopic (exact) mass is 634 g/mol. The number of carbonyl (C=O) groups is 2. The molecule has 4 aromatic rings. The zero-order valence-corrected chi connectivity index (χ0v) is 25.3. The quantitative estimate of drug-likeness (QED) is 0.191. The van der Waals surface area contributed by atoms with Crippen LogP contribution in [0.25, 0.3) is 11.1 Å². The first kappa shape index (κ1) is 30.0. The van der Waals surface area contributed by atoms with Crippen LogP contribution in [0.4, 0.5) is 5.69 Å². The molecule has 0 heterocycles. The molecule has 41 heavy (non-hydrogen) atoms. The van der Waals surface area contributed by atoms with E-state index < -0.39 is 27.9 Å². The van der Waals surface area contributed by atoms with Crippen molar-refractivity contribution in [2.24, 2.45) is 0 Å². The van der Waals surface area contributed by atoms with E-state index >= 15 is 0 Å². The van der Waals surface area contributed by atoms with Gasteiger partial charge in [0.2, 0.25) is 0 Å². The van der Waals surface area contributed by atoms with Crippen LogP contribution in [0.1, 0.15) is 42.3 Å². The highest BCUT2D eigenvalue weighted by Crippen LogP contribution is 2.27. The summed E-state index contributed by atoms with van der Waals surface area (Å²) in [5.41, 5.74) is 3.61. The molecule has 212 valence electrons. The van der Waals surface area contributed by atoms with Crippen LogP contribution in [-0.2, 0) is 26.7 Å². The second-order valence-electron chi connectivity index (χ2n) is 10.7. The highest BCUT2D eigenvalue weighted by Gasteiger charge is 2.25. The van der Waals surface area contributed by atoms with Gasteiger partial charge in [0.15, 0.2) is 0 Å². The summed E-state index contributed by atoms with van der Waals surface area (Å²) in [6.45, 7) is 6.10. The van der Waals surface area contributed by atoms with Gasteiger partial charge in [-0.25, -0.2) is 13.2 Å². The first-order valence-electron chi connectivity index (χ1n) is 12.9. The van der Waals surface area contributed by atoms with Gasteiger partial charge in [0.05, 0.1) is 16.1 Å². The Kier molecular flexibility index (Phi) is 8.99. The minimum Gasteiger partial charge on any atom is -0.480 e. The number of benzene rings is 4. The molecule has 0 radical (unpaired) electrons. The SMILES string of the molecule is CC(C)(C)c1ccc(S(=O)(=O)Nc2ccc(Br)cc2C(=O)N[C@@H](Cc2ccc(-c3ccccc3)cc2)C(=O)O)cc1. The molecule has 0 unspecified atom stereocenters. The van der Waals surface area contributed by atoms with Crippen LogP contribution in [0.15, 0.2) is 106 Å². The van der Waals surface area contributed by atoms with Gasteiger partial charge in [0.25, 0.3) is 15.9 Å². The molecule has 9 heteroatoms. The number of amides is 1. The molecule has 4 rings (SSSR count). The Morgan fingerprint density at radius 3 is 2.05 bits per heavy atom. The van der Waals surface area contributed by atoms with Crippen molar-refractivity contribution < 1.29 is 23.1 Å². The number of halogens is 1. The summed E-state index contributed by atoms with van der Waals surface area (Å²) in [4.78, 5) is 25.4. The third kappa shape index (κ3) is 7.62. The van der Waals surface area contributed by atoms with Crippen molar-refractivity contribution in [3.63, 3.8) is 0 Å². The number of hydrogen-bond donors (Lipinski definition) is 3. The van der Waals surface area contributed by atoms with Crippen LogP contribution in [-0.4, -0.2) is 31.4 Å². The van der Waals surface area contributed by atoms with Crippen LogP contribution >= 0.6 is 15.9 Å². The summed E-state index contributed by atoms with van der Waals surface area (Å²) in [5, 5.41) is 12.4. The summed E-state index contributed by atoms with van der Waals surface area (Å²) in [6.07, 6.45) is 0.0470. The second-order valence-corrected chi connectivity index (χ2v) is 13.3. The van der Waals surface area contributed by atoms with Crippen LogP contribution in [0.5, 0.6) is 0 Å². The van der Waals surface area contributed by atoms with Crippen LogP contribution in [0, 0.1) is 0 Å². The summed E-state index contributed by atoms with van der Waals surface area (Å²) in [5.74, 6) is -1.93. The van der Waals surface area contributed by atoms with Gasteiger partial charge in [0, 0.05) is 10.9 Å². The van der Waals surface area contributed by atoms with Gasteiger partial charge in [-0.3, -0.25) is 9.52 Å². The molecular weight excluding hydrogens is 604 g/mol. The molecule has 0 saturated carbocycles. The van der Waals surface area contributed by atoms with Gasteiger partial charge < -0.3 is 10.4 Å². The van der Waals surface area contributed by atoms with E-state index in [1.54, 1.807) is 18.2 Å². The average molecular weight is 636 g/mol. The molecule has 0 aliphatic heterocycles. The first-order chi connectivity index (χ1) is 19.3. The number of aliphatic carboxylic acids is 1. The highest BCUT2D eigenvalue weighted by molar-refractivity contribution is 9.10. The Morgan fingerprint density at radius 2 is 1.46 bits per heavy atom. The average Bonchev–Trinajstić information content (AvgIpc) is 2.94. The van der Waals surface area contributed by atoms with E-state index in [-0.39, 0.29) is 28.0 Å². The molecule has 0 aromatic heterocycles. The van der Waals surface area contributed by atoms with Gasteiger partial charge >= 0.3 is 5.97 Å². The predicted octanol–water partition coefficient (Wildman–Crippen LogP) is 6.64. The molecule has 0 spiro atoms. The van der Waals surface area contributed by atoms with Crippen molar-refractivity contribution >= 4 is 43.5 Å². The van der Waals surface area contributed by atoms with Crippen molar-refractivity contribution in [3.8, 4) is 11.1 Å². The van der Waals surface area contributed by atoms with Crippen molar-refractivity contribution in [1.29, 1.82) is 0 Å². The van der Waals surface area contributed by atoms with E-state index in [9.17, 15) is 23.1 Å². The van der Waals surface area contributed by atoms with E-state index in [1.807, 2.05) is 75.4 Å². The summed E-state index contributed by atoms with van der Waals surface area (Å²) < 4.78 is 29.4. The van der Waals surface area contributed by atoms with Crippen molar-refractivity contribution in [3.05, 3.63) is 118 Å². The lowest BCUT2D eigenvalue weighted by Gasteiger charge is -2.20. The molecule has 3 N–H and O–H groups in total. The zero-order chi connectivity index (χ0) is 29.8. The van der Waals surface area contributed by atoms with E-state index in [0.29, 0.717) is 4.47 Å². The Balaban J connectivity index is 1.53. The third-order valence-electron chi connectivity index (χ3n) is 6.61. The highest BCUT2D eigenvalue weighted by atomic mass is 79.9. The Labute approximate surface area is 248 Å². The van der Waals surface area contributed by atoms with Crippen LogP contribution < -0.4 is 10.0 Å². The number of carbonyl (C=O) groups excluding carboxylic acids is 1. The topological polar surface area (TPSA) is 113 Å². The Bertz CT molecular complexity index is 1650. The smallest absolute Gasteiger partial charge is 0.326 e. The minimum absolute atomic E-state index is 0.0139. The molecule has 1 atom stereocenters. The number of anilines is 1. The standard InChI is InChI=1S/C32H31BrN2O5S/c1-32(2,3)24-13-16-26(17-14-24)41(39,40)35-28-18-15-25(33)20-27(28)30(36)34-29(31(37)38)19-21-9-11-23(12-10-21)22-7-5-4-6-8-22/h4-18,20,29,35H,19H2,1-3H3,(H,34,36)(H,37,38)/t29-/m0/s1. The number of hydrogen-bond acceptors (Lipinski definition) is 4. The minimum atomic E-state index is -4.03. The van der Waals surface area contributed by atoms with Crippen molar-refractivity contribution in [2.75, 3.05) is 4.72 Å². The van der Waals surface area contributed by atoms with Gasteiger partial charge in [0.1, 0.15) is 6.04 Å². The molecule has 0 fully saturated rings. The molecule has 0 aliphatic rings. The van der Waals surface area contributed by atoms with E-state index in [2.05, 4.69) is 26.0 Å². The number of rotatable bonds is 9. The first-order valence-corrected chi connectivity index (χ1v) is 15.2. The maximum atomic E-state index is 13.3. The number of carboxylic acid groups (broad SMARTS) is 1. The molecular formula is C32H31BrN2O5S. The van der Waals surface area contributed by atoms with Gasteiger partial charge in [-0.15, -0.1) is 0 Å². The second kappa shape index (κ2) is 12.3. The Morgan fingerprint density at radius 1 is 0.854 bits per heavy atom. The predicted molar refractivity (Wildman–Crippen MR) is 165 cm³/mol. The fraction of sp³-hybridized carbons (Fsp3) is 0.188. The fourth-order valence-electron chi connectivity index (χ4n) is 4.27. The van der Waals surface area contributed by atoms with Crippen molar-refractivity contribution in [2.45, 2.75) is 43.5 Å². The lowest BCUT2D eigenvalue weighted by atomic mass is 9.87. The summed E-state index contributed by atoms with van der Waals surface area (Å²) >= 11 is 3.32. The molecule has 1 amide bonds. The van der Waals surface area contributed by atoms with Gasteiger partial charge in [-0.1, -0.05) is 103 Å². The third-order valence-corrected chi connectivity index (χ3v) is 8.48. The van der Waals surface area contributed by atoms with Gasteiger partial charge in [-0.2, -0.15) is 0 Å². The largest absolute Gasteiger partial charge is 0.480 e. The molecule has 0 saturated heterocycles. The number of nitrogens with one attached hydrogen (secondary N) is 2. The lowest BCUT2D eigenvalue weighted by Crippen LogP contribution is -2.42. The van der Waals surface area contributed by atoms with Crippen molar-refractivity contribution in [1.82, 2.24) is 5.32 Å². The maximum absolute atomic E-state index is 13.3. The number of carboxylic acids is 1. The zero-order valence-electron chi connectivity index (χ0n) is 22.9. The summed E-state index contributed by atoms with van der Waals surface area (Å²) in [6, 6.07) is 27.1. The van der Waals surface area contributed by atoms with E-state index in [4.69, 9.17) is 0 Å². The molecule has 4 aromatic carbocycles. The van der Waals surface area contributed by atoms with Gasteiger partial charge in [-0.05, 0) is 58.0 Å². The van der Waals surface area contributed by atoms with E-state index in [1.165, 1.54) is 24.3 Å². The molecule has 0 bridgehead atoms. The van der Waals surface area contributed by atoms with Crippen LogP contribution in [0.3, 0.4) is 0 Å². The fourth-order valence-corrected chi connectivity index (χ4v) is 5.71. The van der Waals surface area contributed by atoms with Crippen LogP contribution in [0.2, 0.25) is 0 Å². The lowest BCUT2D eigenvalue weighted by molar-refractivity contribution is -0.139. The Hall–Kier alpha value is -3.95. The molecule has 0 aliphatic carbocycles. The van der Waals surface area contributed by atoms with E-state index in [0.717, 1.165) is 22.3 Å². The maximum Gasteiger partial charge on any atom is 0.326 e.